The van der Waals surface area contributed by atoms with Crippen molar-refractivity contribution in [1.82, 2.24) is 15.1 Å². The lowest BCUT2D eigenvalue weighted by Gasteiger charge is -2.21. The average Bonchev–Trinajstić information content (AvgIpc) is 2.61. The fourth-order valence-corrected chi connectivity index (χ4v) is 2.02. The van der Waals surface area contributed by atoms with Gasteiger partial charge in [-0.3, -0.25) is 4.68 Å². The smallest absolute Gasteiger partial charge is 0.148 e. The molecule has 0 saturated heterocycles. The van der Waals surface area contributed by atoms with Crippen LogP contribution in [-0.2, 0) is 9.84 Å². The molecule has 0 unspecified atom stereocenters. The first-order chi connectivity index (χ1) is 7.79. The van der Waals surface area contributed by atoms with E-state index in [1.54, 1.807) is 0 Å². The van der Waals surface area contributed by atoms with Crippen LogP contribution < -0.4 is 5.32 Å². The standard InChI is InChI=1S/C11H21N3O2S/c1-9-7-13-14(8-9)11(3)10(2)12-5-6-17(4,15)16/h7-8,10-12H,5-6H2,1-4H3/t10-,11-/m0/s1. The molecule has 1 N–H and O–H groups in total. The first-order valence-corrected chi connectivity index (χ1v) is 7.77. The Morgan fingerprint density at radius 2 is 2.12 bits per heavy atom. The number of rotatable bonds is 6. The van der Waals surface area contributed by atoms with Crippen LogP contribution in [0.4, 0.5) is 0 Å². The van der Waals surface area contributed by atoms with Crippen molar-refractivity contribution in [2.45, 2.75) is 32.9 Å². The number of aryl methyl sites for hydroxylation is 1. The molecule has 6 heteroatoms. The van der Waals surface area contributed by atoms with Gasteiger partial charge in [-0.05, 0) is 26.3 Å². The second kappa shape index (κ2) is 5.64. The molecule has 1 rings (SSSR count). The summed E-state index contributed by atoms with van der Waals surface area (Å²) >= 11 is 0. The van der Waals surface area contributed by atoms with E-state index < -0.39 is 9.84 Å². The van der Waals surface area contributed by atoms with Crippen LogP contribution in [0, 0.1) is 6.92 Å². The monoisotopic (exact) mass is 259 g/mol. The summed E-state index contributed by atoms with van der Waals surface area (Å²) in [4.78, 5) is 0. The van der Waals surface area contributed by atoms with E-state index in [4.69, 9.17) is 0 Å². The Kier molecular flexibility index (Phi) is 4.70. The van der Waals surface area contributed by atoms with Crippen LogP contribution in [0.5, 0.6) is 0 Å². The number of nitrogens with one attached hydrogen (secondary N) is 1. The van der Waals surface area contributed by atoms with Crippen molar-refractivity contribution >= 4 is 9.84 Å². The Morgan fingerprint density at radius 3 is 2.59 bits per heavy atom. The first-order valence-electron chi connectivity index (χ1n) is 5.71. The van der Waals surface area contributed by atoms with Crippen molar-refractivity contribution in [3.8, 4) is 0 Å². The summed E-state index contributed by atoms with van der Waals surface area (Å²) in [5.41, 5.74) is 1.13. The van der Waals surface area contributed by atoms with Crippen molar-refractivity contribution in [2.75, 3.05) is 18.6 Å². The van der Waals surface area contributed by atoms with Crippen LogP contribution in [-0.4, -0.2) is 42.8 Å². The third kappa shape index (κ3) is 4.87. The zero-order valence-electron chi connectivity index (χ0n) is 10.8. The van der Waals surface area contributed by atoms with E-state index in [-0.39, 0.29) is 17.8 Å². The van der Waals surface area contributed by atoms with Gasteiger partial charge in [0, 0.05) is 25.0 Å². The third-order valence-electron chi connectivity index (χ3n) is 2.81. The Balaban J connectivity index is 2.45. The molecule has 5 nitrogen and oxygen atoms in total. The lowest BCUT2D eigenvalue weighted by Crippen LogP contribution is -2.36. The van der Waals surface area contributed by atoms with Gasteiger partial charge in [0.25, 0.3) is 0 Å². The second-order valence-electron chi connectivity index (χ2n) is 4.61. The predicted molar refractivity (Wildman–Crippen MR) is 68.9 cm³/mol. The van der Waals surface area contributed by atoms with E-state index in [1.165, 1.54) is 6.26 Å². The molecular formula is C11H21N3O2S. The van der Waals surface area contributed by atoms with Crippen molar-refractivity contribution in [2.24, 2.45) is 0 Å². The lowest BCUT2D eigenvalue weighted by atomic mass is 10.2. The molecule has 98 valence electrons. The number of hydrogen-bond donors (Lipinski definition) is 1. The summed E-state index contributed by atoms with van der Waals surface area (Å²) in [7, 11) is -2.89. The highest BCUT2D eigenvalue weighted by Gasteiger charge is 2.14. The van der Waals surface area contributed by atoms with E-state index in [0.717, 1.165) is 5.56 Å². The number of aromatic nitrogens is 2. The maximum Gasteiger partial charge on any atom is 0.148 e. The van der Waals surface area contributed by atoms with Gasteiger partial charge in [-0.1, -0.05) is 0 Å². The summed E-state index contributed by atoms with van der Waals surface area (Å²) in [5.74, 6) is 0.169. The van der Waals surface area contributed by atoms with E-state index in [0.29, 0.717) is 6.54 Å². The van der Waals surface area contributed by atoms with Gasteiger partial charge in [-0.2, -0.15) is 5.10 Å². The fraction of sp³-hybridized carbons (Fsp3) is 0.727. The molecule has 0 amide bonds. The molecule has 0 saturated carbocycles. The number of sulfone groups is 1. The predicted octanol–water partition coefficient (Wildman–Crippen LogP) is 0.775. The van der Waals surface area contributed by atoms with Crippen LogP contribution >= 0.6 is 0 Å². The van der Waals surface area contributed by atoms with E-state index in [9.17, 15) is 8.42 Å². The van der Waals surface area contributed by atoms with Gasteiger partial charge >= 0.3 is 0 Å². The van der Waals surface area contributed by atoms with Crippen LogP contribution in [0.3, 0.4) is 0 Å². The minimum atomic E-state index is -2.89. The van der Waals surface area contributed by atoms with Crippen LogP contribution in [0.25, 0.3) is 0 Å². The molecule has 1 aromatic heterocycles. The van der Waals surface area contributed by atoms with Crippen molar-refractivity contribution < 1.29 is 8.42 Å². The highest BCUT2D eigenvalue weighted by molar-refractivity contribution is 7.90. The quantitative estimate of drug-likeness (QED) is 0.820. The normalized spacial score (nSPS) is 15.8. The van der Waals surface area contributed by atoms with E-state index in [2.05, 4.69) is 17.3 Å². The van der Waals surface area contributed by atoms with Gasteiger partial charge in [0.2, 0.25) is 0 Å². The maximum atomic E-state index is 11.0. The molecular weight excluding hydrogens is 238 g/mol. The Labute approximate surface area is 103 Å². The molecule has 0 aliphatic carbocycles. The summed E-state index contributed by atoms with van der Waals surface area (Å²) in [5, 5.41) is 7.46. The second-order valence-corrected chi connectivity index (χ2v) is 6.87. The number of nitrogens with zero attached hydrogens (tertiary/aromatic N) is 2. The zero-order chi connectivity index (χ0) is 13.1. The first kappa shape index (κ1) is 14.2. The van der Waals surface area contributed by atoms with Crippen molar-refractivity contribution in [3.05, 3.63) is 18.0 Å². The molecule has 0 aliphatic rings. The van der Waals surface area contributed by atoms with E-state index in [1.807, 2.05) is 30.9 Å². The highest BCUT2D eigenvalue weighted by Crippen LogP contribution is 2.10. The SMILES string of the molecule is Cc1cnn([C@@H](C)[C@H](C)NCCS(C)(=O)=O)c1. The summed E-state index contributed by atoms with van der Waals surface area (Å²) in [6.07, 6.45) is 5.05. The van der Waals surface area contributed by atoms with Gasteiger partial charge in [-0.25, -0.2) is 8.42 Å². The van der Waals surface area contributed by atoms with Gasteiger partial charge in [0.05, 0.1) is 18.0 Å². The molecule has 1 aromatic rings. The Morgan fingerprint density at radius 1 is 1.47 bits per heavy atom. The van der Waals surface area contributed by atoms with Gasteiger partial charge < -0.3 is 5.32 Å². The highest BCUT2D eigenvalue weighted by atomic mass is 32.2. The number of hydrogen-bond acceptors (Lipinski definition) is 4. The molecule has 0 fully saturated rings. The van der Waals surface area contributed by atoms with E-state index >= 15 is 0 Å². The van der Waals surface area contributed by atoms with Gasteiger partial charge in [0.15, 0.2) is 0 Å². The summed E-state index contributed by atoms with van der Waals surface area (Å²) in [6, 6.07) is 0.374. The zero-order valence-corrected chi connectivity index (χ0v) is 11.7. The largest absolute Gasteiger partial charge is 0.311 e. The fourth-order valence-electron chi connectivity index (χ4n) is 1.53. The average molecular weight is 259 g/mol. The lowest BCUT2D eigenvalue weighted by molar-refractivity contribution is 0.372. The Bertz CT molecular complexity index is 453. The molecule has 0 bridgehead atoms. The van der Waals surface area contributed by atoms with Crippen LogP contribution in [0.2, 0.25) is 0 Å². The molecule has 0 aromatic carbocycles. The third-order valence-corrected chi connectivity index (χ3v) is 3.76. The minimum Gasteiger partial charge on any atom is -0.311 e. The molecule has 2 atom stereocenters. The molecule has 0 radical (unpaired) electrons. The van der Waals surface area contributed by atoms with Crippen LogP contribution in [0.1, 0.15) is 25.5 Å². The van der Waals surface area contributed by atoms with Gasteiger partial charge in [-0.15, -0.1) is 0 Å². The molecule has 1 heterocycles. The maximum absolute atomic E-state index is 11.0. The molecule has 0 spiro atoms. The van der Waals surface area contributed by atoms with Gasteiger partial charge in [0.1, 0.15) is 9.84 Å². The molecule has 0 aliphatic heterocycles. The topological polar surface area (TPSA) is 64.0 Å². The van der Waals surface area contributed by atoms with Crippen molar-refractivity contribution in [1.29, 1.82) is 0 Å². The van der Waals surface area contributed by atoms with Crippen LogP contribution in [0.15, 0.2) is 12.4 Å². The molecule has 17 heavy (non-hydrogen) atoms. The summed E-state index contributed by atoms with van der Waals surface area (Å²) < 4.78 is 23.9. The minimum absolute atomic E-state index is 0.169. The van der Waals surface area contributed by atoms with Crippen molar-refractivity contribution in [3.63, 3.8) is 0 Å². The Hall–Kier alpha value is -0.880. The summed E-state index contributed by atoms with van der Waals surface area (Å²) in [6.45, 7) is 6.57.